The molecular formula is C17H19NO2. The number of carbonyl (C=O) groups is 1. The first-order chi connectivity index (χ1) is 9.54. The van der Waals surface area contributed by atoms with Crippen molar-refractivity contribution in [1.29, 1.82) is 0 Å². The molecule has 2 rings (SSSR count). The van der Waals surface area contributed by atoms with Crippen LogP contribution >= 0.6 is 0 Å². The zero-order valence-corrected chi connectivity index (χ0v) is 11.8. The number of hydrogen-bond acceptors (Lipinski definition) is 3. The number of hydrogen-bond donors (Lipinski definition) is 1. The summed E-state index contributed by atoms with van der Waals surface area (Å²) in [5.74, 6) is 0.176. The van der Waals surface area contributed by atoms with E-state index in [0.717, 1.165) is 16.8 Å². The molecule has 1 atom stereocenters. The van der Waals surface area contributed by atoms with Crippen LogP contribution in [-0.4, -0.2) is 5.97 Å². The van der Waals surface area contributed by atoms with E-state index in [1.54, 1.807) is 0 Å². The van der Waals surface area contributed by atoms with Gasteiger partial charge < -0.3 is 10.5 Å². The van der Waals surface area contributed by atoms with Gasteiger partial charge in [0.2, 0.25) is 0 Å². The predicted octanol–water partition coefficient (Wildman–Crippen LogP) is 3.36. The van der Waals surface area contributed by atoms with Gasteiger partial charge in [0.1, 0.15) is 5.75 Å². The summed E-state index contributed by atoms with van der Waals surface area (Å²) in [6, 6.07) is 15.0. The SMILES string of the molecule is Cc1ccc(OC(=O)C(C)Cc2ccc(N)cc2)cc1. The van der Waals surface area contributed by atoms with E-state index >= 15 is 0 Å². The average molecular weight is 269 g/mol. The van der Waals surface area contributed by atoms with Gasteiger partial charge in [-0.05, 0) is 43.2 Å². The Morgan fingerprint density at radius 3 is 2.30 bits per heavy atom. The number of nitrogens with two attached hydrogens (primary N) is 1. The lowest BCUT2D eigenvalue weighted by atomic mass is 10.0. The van der Waals surface area contributed by atoms with Crippen LogP contribution in [0.3, 0.4) is 0 Å². The largest absolute Gasteiger partial charge is 0.426 e. The fourth-order valence-electron chi connectivity index (χ4n) is 1.91. The summed E-state index contributed by atoms with van der Waals surface area (Å²) in [6.45, 7) is 3.86. The number of esters is 1. The van der Waals surface area contributed by atoms with Crippen molar-refractivity contribution in [2.45, 2.75) is 20.3 Å². The molecule has 0 spiro atoms. The number of carbonyl (C=O) groups excluding carboxylic acids is 1. The second kappa shape index (κ2) is 6.24. The Morgan fingerprint density at radius 1 is 1.10 bits per heavy atom. The number of ether oxygens (including phenoxy) is 1. The molecule has 20 heavy (non-hydrogen) atoms. The van der Waals surface area contributed by atoms with Gasteiger partial charge in [0, 0.05) is 5.69 Å². The maximum atomic E-state index is 12.0. The highest BCUT2D eigenvalue weighted by molar-refractivity contribution is 5.75. The van der Waals surface area contributed by atoms with E-state index in [1.165, 1.54) is 0 Å². The van der Waals surface area contributed by atoms with E-state index in [4.69, 9.17) is 10.5 Å². The zero-order chi connectivity index (χ0) is 14.5. The van der Waals surface area contributed by atoms with Gasteiger partial charge in [-0.3, -0.25) is 4.79 Å². The van der Waals surface area contributed by atoms with Gasteiger partial charge in [0.15, 0.2) is 0 Å². The Balaban J connectivity index is 1.94. The van der Waals surface area contributed by atoms with Gasteiger partial charge >= 0.3 is 5.97 Å². The maximum Gasteiger partial charge on any atom is 0.314 e. The standard InChI is InChI=1S/C17H19NO2/c1-12-3-9-16(10-4-12)20-17(19)13(2)11-14-5-7-15(18)8-6-14/h3-10,13H,11,18H2,1-2H3. The molecule has 1 unspecified atom stereocenters. The van der Waals surface area contributed by atoms with Crippen molar-refractivity contribution >= 4 is 11.7 Å². The van der Waals surface area contributed by atoms with Crippen LogP contribution in [-0.2, 0) is 11.2 Å². The van der Waals surface area contributed by atoms with E-state index in [9.17, 15) is 4.79 Å². The monoisotopic (exact) mass is 269 g/mol. The summed E-state index contributed by atoms with van der Waals surface area (Å²) >= 11 is 0. The van der Waals surface area contributed by atoms with Crippen LogP contribution in [0.2, 0.25) is 0 Å². The van der Waals surface area contributed by atoms with Crippen LogP contribution in [0.25, 0.3) is 0 Å². The molecule has 2 aromatic rings. The van der Waals surface area contributed by atoms with Crippen LogP contribution in [0.15, 0.2) is 48.5 Å². The van der Waals surface area contributed by atoms with E-state index in [0.29, 0.717) is 12.2 Å². The summed E-state index contributed by atoms with van der Waals surface area (Å²) in [7, 11) is 0. The highest BCUT2D eigenvalue weighted by Crippen LogP contribution is 2.16. The van der Waals surface area contributed by atoms with Crippen molar-refractivity contribution in [3.63, 3.8) is 0 Å². The van der Waals surface area contributed by atoms with Gasteiger partial charge in [-0.25, -0.2) is 0 Å². The molecule has 0 aliphatic heterocycles. The Morgan fingerprint density at radius 2 is 1.70 bits per heavy atom. The molecule has 3 heteroatoms. The fourth-order valence-corrected chi connectivity index (χ4v) is 1.91. The van der Waals surface area contributed by atoms with Gasteiger partial charge in [-0.1, -0.05) is 36.8 Å². The third-order valence-electron chi connectivity index (χ3n) is 3.16. The van der Waals surface area contributed by atoms with E-state index in [-0.39, 0.29) is 11.9 Å². The lowest BCUT2D eigenvalue weighted by molar-refractivity contribution is -0.138. The number of aryl methyl sites for hydroxylation is 1. The Hall–Kier alpha value is -2.29. The smallest absolute Gasteiger partial charge is 0.314 e. The van der Waals surface area contributed by atoms with Crippen LogP contribution in [0.5, 0.6) is 5.75 Å². The first-order valence-electron chi connectivity index (χ1n) is 6.67. The molecular weight excluding hydrogens is 250 g/mol. The van der Waals surface area contributed by atoms with Crippen LogP contribution in [0, 0.1) is 12.8 Å². The minimum atomic E-state index is -0.217. The maximum absolute atomic E-state index is 12.0. The summed E-state index contributed by atoms with van der Waals surface area (Å²) in [4.78, 5) is 12.0. The van der Waals surface area contributed by atoms with Crippen molar-refractivity contribution in [2.75, 3.05) is 5.73 Å². The number of benzene rings is 2. The molecule has 0 saturated carbocycles. The second-order valence-corrected chi connectivity index (χ2v) is 5.08. The number of nitrogen functional groups attached to an aromatic ring is 1. The van der Waals surface area contributed by atoms with Crippen molar-refractivity contribution < 1.29 is 9.53 Å². The predicted molar refractivity (Wildman–Crippen MR) is 80.5 cm³/mol. The molecule has 2 N–H and O–H groups in total. The number of rotatable bonds is 4. The van der Waals surface area contributed by atoms with Crippen LogP contribution < -0.4 is 10.5 Å². The fraction of sp³-hybridized carbons (Fsp3) is 0.235. The number of anilines is 1. The van der Waals surface area contributed by atoms with Crippen molar-refractivity contribution in [3.05, 3.63) is 59.7 Å². The third kappa shape index (κ3) is 3.85. The van der Waals surface area contributed by atoms with Crippen molar-refractivity contribution in [3.8, 4) is 5.75 Å². The topological polar surface area (TPSA) is 52.3 Å². The molecule has 0 fully saturated rings. The Bertz CT molecular complexity index is 573. The third-order valence-corrected chi connectivity index (χ3v) is 3.16. The summed E-state index contributed by atoms with van der Waals surface area (Å²) in [6.07, 6.45) is 0.644. The molecule has 0 aliphatic carbocycles. The van der Waals surface area contributed by atoms with Crippen LogP contribution in [0.4, 0.5) is 5.69 Å². The normalized spacial score (nSPS) is 11.9. The first kappa shape index (κ1) is 14.1. The summed E-state index contributed by atoms with van der Waals surface area (Å²) < 4.78 is 5.36. The average Bonchev–Trinajstić information content (AvgIpc) is 2.44. The lowest BCUT2D eigenvalue weighted by Gasteiger charge is -2.11. The Kier molecular flexibility index (Phi) is 4.41. The highest BCUT2D eigenvalue weighted by atomic mass is 16.5. The van der Waals surface area contributed by atoms with Gasteiger partial charge in [0.25, 0.3) is 0 Å². The Labute approximate surface area is 119 Å². The summed E-state index contributed by atoms with van der Waals surface area (Å²) in [5, 5.41) is 0. The molecule has 0 heterocycles. The van der Waals surface area contributed by atoms with Crippen molar-refractivity contribution in [2.24, 2.45) is 5.92 Å². The quantitative estimate of drug-likeness (QED) is 0.526. The van der Waals surface area contributed by atoms with E-state index in [2.05, 4.69) is 0 Å². The molecule has 0 aromatic heterocycles. The van der Waals surface area contributed by atoms with Crippen molar-refractivity contribution in [1.82, 2.24) is 0 Å². The molecule has 0 bridgehead atoms. The van der Waals surface area contributed by atoms with E-state index in [1.807, 2.05) is 62.4 Å². The second-order valence-electron chi connectivity index (χ2n) is 5.08. The molecule has 104 valence electrons. The van der Waals surface area contributed by atoms with Gasteiger partial charge in [-0.2, -0.15) is 0 Å². The molecule has 2 aromatic carbocycles. The van der Waals surface area contributed by atoms with E-state index < -0.39 is 0 Å². The zero-order valence-electron chi connectivity index (χ0n) is 11.8. The minimum Gasteiger partial charge on any atom is -0.426 e. The highest BCUT2D eigenvalue weighted by Gasteiger charge is 2.15. The van der Waals surface area contributed by atoms with Gasteiger partial charge in [-0.15, -0.1) is 0 Å². The van der Waals surface area contributed by atoms with Crippen LogP contribution in [0.1, 0.15) is 18.1 Å². The minimum absolute atomic E-state index is 0.195. The first-order valence-corrected chi connectivity index (χ1v) is 6.67. The molecule has 0 saturated heterocycles. The summed E-state index contributed by atoms with van der Waals surface area (Å²) in [5.41, 5.74) is 8.58. The molecule has 3 nitrogen and oxygen atoms in total. The molecule has 0 amide bonds. The molecule has 0 aliphatic rings. The lowest BCUT2D eigenvalue weighted by Crippen LogP contribution is -2.19. The molecule has 0 radical (unpaired) electrons. The van der Waals surface area contributed by atoms with Gasteiger partial charge in [0.05, 0.1) is 5.92 Å².